The zero-order valence-electron chi connectivity index (χ0n) is 19.2. The molecule has 9 heteroatoms. The summed E-state index contributed by atoms with van der Waals surface area (Å²) in [5, 5.41) is 8.80. The Bertz CT molecular complexity index is 1190. The van der Waals surface area contributed by atoms with Crippen molar-refractivity contribution >= 4 is 45.0 Å². The van der Waals surface area contributed by atoms with Gasteiger partial charge in [-0.25, -0.2) is 4.98 Å². The third kappa shape index (κ3) is 5.09. The van der Waals surface area contributed by atoms with Gasteiger partial charge in [-0.15, -0.1) is 0 Å². The highest BCUT2D eigenvalue weighted by molar-refractivity contribution is 9.10. The van der Waals surface area contributed by atoms with E-state index in [1.807, 2.05) is 41.8 Å². The normalized spacial score (nSPS) is 22.6. The van der Waals surface area contributed by atoms with Crippen LogP contribution in [0, 0.1) is 17.8 Å². The number of hydrogen-bond donors (Lipinski definition) is 1. The molecule has 3 unspecified atom stereocenters. The van der Waals surface area contributed by atoms with E-state index in [1.165, 1.54) is 12.8 Å². The van der Waals surface area contributed by atoms with Gasteiger partial charge in [0.25, 0.3) is 0 Å². The van der Waals surface area contributed by atoms with Crippen molar-refractivity contribution in [1.29, 1.82) is 0 Å². The quantitative estimate of drug-likeness (QED) is 0.395. The summed E-state index contributed by atoms with van der Waals surface area (Å²) in [6.45, 7) is 6.31. The van der Waals surface area contributed by atoms with E-state index in [4.69, 9.17) is 21.3 Å². The zero-order chi connectivity index (χ0) is 23.7. The number of anilines is 1. The summed E-state index contributed by atoms with van der Waals surface area (Å²) >= 11 is 10.0. The van der Waals surface area contributed by atoms with Crippen LogP contribution in [-0.2, 0) is 9.53 Å². The van der Waals surface area contributed by atoms with Crippen molar-refractivity contribution in [3.05, 3.63) is 46.0 Å². The van der Waals surface area contributed by atoms with Crippen molar-refractivity contribution in [2.45, 2.75) is 26.2 Å². The summed E-state index contributed by atoms with van der Waals surface area (Å²) in [6, 6.07) is 9.76. The lowest BCUT2D eigenvalue weighted by Gasteiger charge is -2.33. The highest BCUT2D eigenvalue weighted by atomic mass is 79.9. The van der Waals surface area contributed by atoms with Crippen LogP contribution in [0.25, 0.3) is 16.9 Å². The van der Waals surface area contributed by atoms with Gasteiger partial charge in [-0.1, -0.05) is 29.8 Å². The van der Waals surface area contributed by atoms with Crippen LogP contribution in [-0.4, -0.2) is 58.3 Å². The number of carbonyl (C=O) groups excluding carboxylic acids is 1. The maximum absolute atomic E-state index is 12.0. The van der Waals surface area contributed by atoms with Crippen molar-refractivity contribution in [3.8, 4) is 11.3 Å². The number of ether oxygens (including phenoxy) is 1. The van der Waals surface area contributed by atoms with E-state index in [0.717, 1.165) is 59.8 Å². The van der Waals surface area contributed by atoms with E-state index < -0.39 is 0 Å². The Morgan fingerprint density at radius 3 is 3.03 bits per heavy atom. The molecule has 180 valence electrons. The van der Waals surface area contributed by atoms with Gasteiger partial charge in [0.2, 0.25) is 0 Å². The van der Waals surface area contributed by atoms with Crippen LogP contribution < -0.4 is 5.32 Å². The van der Waals surface area contributed by atoms with Crippen LogP contribution in [0.1, 0.15) is 26.2 Å². The molecule has 3 aromatic rings. The second-order valence-electron chi connectivity index (χ2n) is 9.24. The number of likely N-dealkylation sites (tertiary alicyclic amines) is 1. The van der Waals surface area contributed by atoms with Crippen LogP contribution in [0.15, 0.2) is 41.0 Å². The predicted octanol–water partition coefficient (Wildman–Crippen LogP) is 5.14. The first-order valence-electron chi connectivity index (χ1n) is 12.0. The first kappa shape index (κ1) is 23.6. The Morgan fingerprint density at radius 1 is 1.35 bits per heavy atom. The van der Waals surface area contributed by atoms with Crippen molar-refractivity contribution in [2.75, 3.05) is 38.1 Å². The number of nitrogens with one attached hydrogen (secondary N) is 1. The third-order valence-corrected chi connectivity index (χ3v) is 7.65. The lowest BCUT2D eigenvalue weighted by atomic mass is 9.97. The molecule has 1 saturated heterocycles. The Morgan fingerprint density at radius 2 is 2.21 bits per heavy atom. The average Bonchev–Trinajstić information content (AvgIpc) is 3.51. The number of benzene rings is 1. The van der Waals surface area contributed by atoms with Gasteiger partial charge < -0.3 is 15.0 Å². The number of nitrogens with zero attached hydrogens (tertiary/aromatic N) is 4. The number of fused-ring (bicyclic) bond motifs is 1. The van der Waals surface area contributed by atoms with Crippen LogP contribution in [0.3, 0.4) is 0 Å². The number of piperidine rings is 1. The van der Waals surface area contributed by atoms with Gasteiger partial charge in [0.15, 0.2) is 5.65 Å². The Balaban J connectivity index is 1.26. The van der Waals surface area contributed by atoms with Crippen molar-refractivity contribution in [3.63, 3.8) is 0 Å². The molecule has 1 N–H and O–H groups in total. The summed E-state index contributed by atoms with van der Waals surface area (Å²) in [4.78, 5) is 19.3. The molecule has 1 saturated carbocycles. The van der Waals surface area contributed by atoms with Crippen LogP contribution in [0.5, 0.6) is 0 Å². The molecule has 3 heterocycles. The highest BCUT2D eigenvalue weighted by Crippen LogP contribution is 2.40. The smallest absolute Gasteiger partial charge is 0.309 e. The van der Waals surface area contributed by atoms with E-state index in [0.29, 0.717) is 23.5 Å². The van der Waals surface area contributed by atoms with Gasteiger partial charge in [-0.2, -0.15) is 9.61 Å². The summed E-state index contributed by atoms with van der Waals surface area (Å²) < 4.78 is 7.86. The Labute approximate surface area is 213 Å². The van der Waals surface area contributed by atoms with Crippen LogP contribution in [0.2, 0.25) is 5.02 Å². The summed E-state index contributed by atoms with van der Waals surface area (Å²) in [6.07, 6.45) is 5.09. The molecule has 0 spiro atoms. The van der Waals surface area contributed by atoms with Crippen molar-refractivity contribution in [1.82, 2.24) is 19.5 Å². The third-order valence-electron chi connectivity index (χ3n) is 6.76. The molecule has 34 heavy (non-hydrogen) atoms. The maximum Gasteiger partial charge on any atom is 0.309 e. The molecule has 1 aliphatic carbocycles. The van der Waals surface area contributed by atoms with E-state index in [9.17, 15) is 4.79 Å². The number of esters is 1. The molecule has 2 aromatic heterocycles. The molecule has 7 nitrogen and oxygen atoms in total. The van der Waals surface area contributed by atoms with Crippen LogP contribution >= 0.6 is 27.5 Å². The second-order valence-corrected chi connectivity index (χ2v) is 10.5. The van der Waals surface area contributed by atoms with E-state index in [-0.39, 0.29) is 11.9 Å². The molecule has 1 aromatic carbocycles. The summed E-state index contributed by atoms with van der Waals surface area (Å²) in [7, 11) is 0. The number of halogens is 2. The second kappa shape index (κ2) is 10.2. The first-order chi connectivity index (χ1) is 16.5. The minimum atomic E-state index is -0.0239. The molecule has 5 rings (SSSR count). The fraction of sp³-hybridized carbons (Fsp3) is 0.480. The van der Waals surface area contributed by atoms with Gasteiger partial charge in [0.1, 0.15) is 5.82 Å². The molecule has 2 fully saturated rings. The molecule has 2 aliphatic rings. The fourth-order valence-corrected chi connectivity index (χ4v) is 5.50. The van der Waals surface area contributed by atoms with Gasteiger partial charge in [0.05, 0.1) is 28.9 Å². The molecular weight excluding hydrogens is 518 g/mol. The SMILES string of the molecule is CCOC(=O)C1CC1CN1CCCC(CNc2cc(-c3ccccc3Cl)nc3c(Br)cnn23)C1. The minimum Gasteiger partial charge on any atom is -0.466 e. The Kier molecular flexibility index (Phi) is 7.09. The molecule has 0 bridgehead atoms. The summed E-state index contributed by atoms with van der Waals surface area (Å²) in [5.41, 5.74) is 2.46. The lowest BCUT2D eigenvalue weighted by molar-refractivity contribution is -0.145. The standard InChI is InChI=1S/C25H29BrClN5O2/c1-2-34-25(33)19-10-17(19)15-31-9-5-6-16(14-31)12-28-23-11-22(18-7-3-4-8-21(18)27)30-24-20(26)13-29-32(23)24/h3-4,7-8,11,13,16-17,19,28H,2,5-6,9-10,12,14-15H2,1H3. The summed E-state index contributed by atoms with van der Waals surface area (Å²) in [5.74, 6) is 1.95. The number of aromatic nitrogens is 3. The average molecular weight is 547 g/mol. The fourth-order valence-electron chi connectivity index (χ4n) is 4.92. The number of hydrogen-bond acceptors (Lipinski definition) is 6. The lowest BCUT2D eigenvalue weighted by Crippen LogP contribution is -2.39. The van der Waals surface area contributed by atoms with Crippen LogP contribution in [0.4, 0.5) is 5.82 Å². The number of rotatable bonds is 8. The van der Waals surface area contributed by atoms with E-state index >= 15 is 0 Å². The highest BCUT2D eigenvalue weighted by Gasteiger charge is 2.45. The predicted molar refractivity (Wildman–Crippen MR) is 137 cm³/mol. The van der Waals surface area contributed by atoms with Gasteiger partial charge in [0, 0.05) is 36.3 Å². The first-order valence-corrected chi connectivity index (χ1v) is 13.1. The van der Waals surface area contributed by atoms with Gasteiger partial charge >= 0.3 is 5.97 Å². The Hall–Kier alpha value is -2.16. The zero-order valence-corrected chi connectivity index (χ0v) is 21.6. The molecule has 3 atom stereocenters. The maximum atomic E-state index is 12.0. The van der Waals surface area contributed by atoms with Crippen molar-refractivity contribution < 1.29 is 9.53 Å². The van der Waals surface area contributed by atoms with E-state index in [2.05, 4.69) is 31.2 Å². The molecule has 0 radical (unpaired) electrons. The number of carbonyl (C=O) groups is 1. The molecule has 1 aliphatic heterocycles. The van der Waals surface area contributed by atoms with Gasteiger partial charge in [-0.05, 0) is 66.6 Å². The van der Waals surface area contributed by atoms with Gasteiger partial charge in [-0.3, -0.25) is 4.79 Å². The topological polar surface area (TPSA) is 71.8 Å². The van der Waals surface area contributed by atoms with Crippen molar-refractivity contribution in [2.24, 2.45) is 17.8 Å². The molecule has 0 amide bonds. The van der Waals surface area contributed by atoms with E-state index in [1.54, 1.807) is 6.20 Å². The largest absolute Gasteiger partial charge is 0.466 e. The monoisotopic (exact) mass is 545 g/mol. The molecular formula is C25H29BrClN5O2. The minimum absolute atomic E-state index is 0.0239.